The summed E-state index contributed by atoms with van der Waals surface area (Å²) < 4.78 is 0. The van der Waals surface area contributed by atoms with Crippen LogP contribution in [0.15, 0.2) is 18.2 Å². The third-order valence-corrected chi connectivity index (χ3v) is 3.75. The molecular weight excluding hydrogens is 266 g/mol. The van der Waals surface area contributed by atoms with E-state index in [9.17, 15) is 4.79 Å². The standard InChI is InChI=1S/C13H18BrNO/c1-4-11(14)8-15-13(16)12-7-5-6-9(2)10(12)3/h5-7,11H,4,8H2,1-3H3,(H,15,16). The second-order valence-corrected chi connectivity index (χ2v) is 5.26. The minimum absolute atomic E-state index is 0.0131. The van der Waals surface area contributed by atoms with E-state index < -0.39 is 0 Å². The van der Waals surface area contributed by atoms with E-state index in [-0.39, 0.29) is 5.91 Å². The van der Waals surface area contributed by atoms with Crippen LogP contribution < -0.4 is 5.32 Å². The second-order valence-electron chi connectivity index (χ2n) is 3.96. The van der Waals surface area contributed by atoms with Crippen LogP contribution in [0.5, 0.6) is 0 Å². The first-order chi connectivity index (χ1) is 7.56. The maximum Gasteiger partial charge on any atom is 0.251 e. The van der Waals surface area contributed by atoms with Crippen molar-refractivity contribution in [1.29, 1.82) is 0 Å². The topological polar surface area (TPSA) is 29.1 Å². The van der Waals surface area contributed by atoms with Crippen LogP contribution in [0.4, 0.5) is 0 Å². The van der Waals surface area contributed by atoms with Crippen LogP contribution in [0, 0.1) is 13.8 Å². The Morgan fingerprint density at radius 3 is 2.75 bits per heavy atom. The van der Waals surface area contributed by atoms with E-state index in [1.807, 2.05) is 32.0 Å². The molecule has 1 N–H and O–H groups in total. The van der Waals surface area contributed by atoms with Gasteiger partial charge in [-0.1, -0.05) is 35.0 Å². The predicted molar refractivity (Wildman–Crippen MR) is 71.3 cm³/mol. The van der Waals surface area contributed by atoms with Crippen LogP contribution in [0.2, 0.25) is 0 Å². The number of hydrogen-bond donors (Lipinski definition) is 1. The molecule has 0 fully saturated rings. The zero-order valence-electron chi connectivity index (χ0n) is 10.0. The number of nitrogens with one attached hydrogen (secondary N) is 1. The summed E-state index contributed by atoms with van der Waals surface area (Å²) in [7, 11) is 0. The van der Waals surface area contributed by atoms with Gasteiger partial charge in [0.25, 0.3) is 5.91 Å². The molecular formula is C13H18BrNO. The van der Waals surface area contributed by atoms with Gasteiger partial charge in [0.05, 0.1) is 0 Å². The van der Waals surface area contributed by atoms with Gasteiger partial charge < -0.3 is 5.32 Å². The molecule has 1 aromatic rings. The lowest BCUT2D eigenvalue weighted by atomic mass is 10.0. The molecule has 0 aliphatic carbocycles. The highest BCUT2D eigenvalue weighted by Crippen LogP contribution is 2.12. The minimum atomic E-state index is 0.0131. The van der Waals surface area contributed by atoms with Crippen LogP contribution >= 0.6 is 15.9 Å². The highest BCUT2D eigenvalue weighted by atomic mass is 79.9. The summed E-state index contributed by atoms with van der Waals surface area (Å²) >= 11 is 3.50. The first kappa shape index (κ1) is 13.2. The molecule has 1 unspecified atom stereocenters. The highest BCUT2D eigenvalue weighted by molar-refractivity contribution is 9.09. The fourth-order valence-electron chi connectivity index (χ4n) is 1.44. The normalized spacial score (nSPS) is 12.2. The Bertz CT molecular complexity index is 376. The number of hydrogen-bond acceptors (Lipinski definition) is 1. The molecule has 2 nitrogen and oxygen atoms in total. The molecule has 3 heteroatoms. The van der Waals surface area contributed by atoms with Crippen molar-refractivity contribution in [3.8, 4) is 0 Å². The summed E-state index contributed by atoms with van der Waals surface area (Å²) in [4.78, 5) is 12.3. The Balaban J connectivity index is 2.70. The first-order valence-electron chi connectivity index (χ1n) is 5.54. The quantitative estimate of drug-likeness (QED) is 0.845. The van der Waals surface area contributed by atoms with Crippen molar-refractivity contribution in [2.24, 2.45) is 0 Å². The number of amides is 1. The van der Waals surface area contributed by atoms with Crippen molar-refractivity contribution in [1.82, 2.24) is 5.32 Å². The number of carbonyl (C=O) groups excluding carboxylic acids is 1. The average Bonchev–Trinajstić information content (AvgIpc) is 2.29. The smallest absolute Gasteiger partial charge is 0.251 e. The molecule has 0 aromatic heterocycles. The summed E-state index contributed by atoms with van der Waals surface area (Å²) in [6.45, 7) is 6.76. The Hall–Kier alpha value is -0.830. The molecule has 0 saturated heterocycles. The minimum Gasteiger partial charge on any atom is -0.351 e. The molecule has 0 saturated carbocycles. The lowest BCUT2D eigenvalue weighted by molar-refractivity contribution is 0.0953. The number of alkyl halides is 1. The number of aryl methyl sites for hydroxylation is 1. The van der Waals surface area contributed by atoms with Gasteiger partial charge in [0.2, 0.25) is 0 Å². The summed E-state index contributed by atoms with van der Waals surface area (Å²) in [6, 6.07) is 5.81. The Morgan fingerprint density at radius 2 is 2.12 bits per heavy atom. The average molecular weight is 284 g/mol. The Labute approximate surface area is 106 Å². The van der Waals surface area contributed by atoms with E-state index in [1.165, 1.54) is 0 Å². The zero-order chi connectivity index (χ0) is 12.1. The van der Waals surface area contributed by atoms with E-state index in [0.29, 0.717) is 11.4 Å². The molecule has 1 aromatic carbocycles. The van der Waals surface area contributed by atoms with Crippen molar-refractivity contribution in [3.05, 3.63) is 34.9 Å². The molecule has 88 valence electrons. The third kappa shape index (κ3) is 3.34. The van der Waals surface area contributed by atoms with Gasteiger partial charge in [-0.05, 0) is 37.5 Å². The largest absolute Gasteiger partial charge is 0.351 e. The van der Waals surface area contributed by atoms with Crippen LogP contribution in [-0.2, 0) is 0 Å². The molecule has 0 aliphatic rings. The zero-order valence-corrected chi connectivity index (χ0v) is 11.6. The van der Waals surface area contributed by atoms with Crippen molar-refractivity contribution >= 4 is 21.8 Å². The lowest BCUT2D eigenvalue weighted by Gasteiger charge is -2.11. The van der Waals surface area contributed by atoms with Gasteiger partial charge in [-0.2, -0.15) is 0 Å². The molecule has 16 heavy (non-hydrogen) atoms. The molecule has 0 bridgehead atoms. The van der Waals surface area contributed by atoms with Crippen molar-refractivity contribution in [3.63, 3.8) is 0 Å². The van der Waals surface area contributed by atoms with Gasteiger partial charge >= 0.3 is 0 Å². The number of rotatable bonds is 4. The summed E-state index contributed by atoms with van der Waals surface area (Å²) in [6.07, 6.45) is 1.01. The molecule has 1 rings (SSSR count). The van der Waals surface area contributed by atoms with Crippen molar-refractivity contribution < 1.29 is 4.79 Å². The number of benzene rings is 1. The van der Waals surface area contributed by atoms with Crippen molar-refractivity contribution in [2.45, 2.75) is 32.0 Å². The Morgan fingerprint density at radius 1 is 1.44 bits per heavy atom. The Kier molecular flexibility index (Phi) is 5.00. The van der Waals surface area contributed by atoms with Gasteiger partial charge in [-0.15, -0.1) is 0 Å². The van der Waals surface area contributed by atoms with E-state index in [0.717, 1.165) is 23.1 Å². The molecule has 0 heterocycles. The van der Waals surface area contributed by atoms with Gasteiger partial charge in [0, 0.05) is 16.9 Å². The fraction of sp³-hybridized carbons (Fsp3) is 0.462. The monoisotopic (exact) mass is 283 g/mol. The summed E-state index contributed by atoms with van der Waals surface area (Å²) in [5, 5.41) is 2.93. The van der Waals surface area contributed by atoms with Crippen LogP contribution in [0.3, 0.4) is 0 Å². The lowest BCUT2D eigenvalue weighted by Crippen LogP contribution is -2.29. The first-order valence-corrected chi connectivity index (χ1v) is 6.46. The molecule has 1 amide bonds. The number of carbonyl (C=O) groups is 1. The van der Waals surface area contributed by atoms with Gasteiger partial charge in [-0.25, -0.2) is 0 Å². The summed E-state index contributed by atoms with van der Waals surface area (Å²) in [5.74, 6) is 0.0131. The van der Waals surface area contributed by atoms with E-state index >= 15 is 0 Å². The molecule has 0 aliphatic heterocycles. The van der Waals surface area contributed by atoms with E-state index in [1.54, 1.807) is 0 Å². The maximum absolute atomic E-state index is 11.9. The fourth-order valence-corrected chi connectivity index (χ4v) is 1.60. The number of halogens is 1. The molecule has 0 radical (unpaired) electrons. The van der Waals surface area contributed by atoms with Crippen LogP contribution in [-0.4, -0.2) is 17.3 Å². The highest BCUT2D eigenvalue weighted by Gasteiger charge is 2.10. The van der Waals surface area contributed by atoms with Gasteiger partial charge in [0.1, 0.15) is 0 Å². The molecule has 1 atom stereocenters. The van der Waals surface area contributed by atoms with Gasteiger partial charge in [0.15, 0.2) is 0 Å². The van der Waals surface area contributed by atoms with Gasteiger partial charge in [-0.3, -0.25) is 4.79 Å². The molecule has 0 spiro atoms. The third-order valence-electron chi connectivity index (χ3n) is 2.78. The predicted octanol–water partition coefficient (Wildman–Crippen LogP) is 3.21. The van der Waals surface area contributed by atoms with E-state index in [4.69, 9.17) is 0 Å². The van der Waals surface area contributed by atoms with Crippen LogP contribution in [0.1, 0.15) is 34.8 Å². The maximum atomic E-state index is 11.9. The van der Waals surface area contributed by atoms with E-state index in [2.05, 4.69) is 28.2 Å². The van der Waals surface area contributed by atoms with Crippen molar-refractivity contribution in [2.75, 3.05) is 6.54 Å². The second kappa shape index (κ2) is 6.04. The summed E-state index contributed by atoms with van der Waals surface area (Å²) in [5.41, 5.74) is 2.98. The van der Waals surface area contributed by atoms with Crippen LogP contribution in [0.25, 0.3) is 0 Å². The SMILES string of the molecule is CCC(Br)CNC(=O)c1cccc(C)c1C.